The predicted octanol–water partition coefficient (Wildman–Crippen LogP) is 1.36. The molecular formula is C14H18N2O4. The van der Waals surface area contributed by atoms with Gasteiger partial charge in [-0.1, -0.05) is 13.0 Å². The minimum Gasteiger partial charge on any atom is -0.493 e. The van der Waals surface area contributed by atoms with Crippen LogP contribution in [-0.4, -0.2) is 29.3 Å². The molecule has 108 valence electrons. The number of aromatic amines is 2. The van der Waals surface area contributed by atoms with Gasteiger partial charge in [0.05, 0.1) is 19.9 Å². The largest absolute Gasteiger partial charge is 0.493 e. The quantitative estimate of drug-likeness (QED) is 0.770. The van der Waals surface area contributed by atoms with E-state index in [1.165, 1.54) is 7.11 Å². The molecule has 0 amide bonds. The first-order chi connectivity index (χ1) is 9.60. The van der Waals surface area contributed by atoms with E-state index in [4.69, 9.17) is 9.47 Å². The van der Waals surface area contributed by atoms with E-state index in [0.717, 1.165) is 0 Å². The highest BCUT2D eigenvalue weighted by atomic mass is 16.5. The molecule has 2 rings (SSSR count). The Labute approximate surface area is 116 Å². The first-order valence-electron chi connectivity index (χ1n) is 6.31. The minimum atomic E-state index is -0.927. The Morgan fingerprint density at radius 2 is 1.90 bits per heavy atom. The fourth-order valence-electron chi connectivity index (χ4n) is 2.14. The van der Waals surface area contributed by atoms with Gasteiger partial charge in [-0.15, -0.1) is 0 Å². The number of hydrogen-bond acceptors (Lipinski definition) is 4. The summed E-state index contributed by atoms with van der Waals surface area (Å²) in [5, 5.41) is 10.4. The number of benzene rings is 1. The smallest absolute Gasteiger partial charge is 0.323 e. The van der Waals surface area contributed by atoms with Crippen LogP contribution in [-0.2, 0) is 6.42 Å². The number of H-pyrrole nitrogens is 2. The fraction of sp³-hybridized carbons (Fsp3) is 0.357. The molecule has 0 saturated heterocycles. The molecule has 20 heavy (non-hydrogen) atoms. The van der Waals surface area contributed by atoms with Crippen LogP contribution in [0.25, 0.3) is 0 Å². The number of aryl methyl sites for hydroxylation is 1. The summed E-state index contributed by atoms with van der Waals surface area (Å²) in [6.45, 7) is 1.91. The molecular weight excluding hydrogens is 260 g/mol. The molecule has 6 heteroatoms. The van der Waals surface area contributed by atoms with Crippen LogP contribution in [0.1, 0.15) is 30.0 Å². The zero-order valence-electron chi connectivity index (χ0n) is 11.7. The summed E-state index contributed by atoms with van der Waals surface area (Å²) in [7, 11) is 3.08. The fourth-order valence-corrected chi connectivity index (χ4v) is 2.14. The van der Waals surface area contributed by atoms with Crippen molar-refractivity contribution in [1.82, 2.24) is 9.97 Å². The van der Waals surface area contributed by atoms with E-state index < -0.39 is 6.10 Å². The standard InChI is InChI=1S/C14H18N2O4/c1-4-9-12(16-14(18)15-9)13(17)8-5-6-10(19-2)11(7-8)20-3/h5-7,13,17H,4H2,1-3H3,(H2,15,16,18). The van der Waals surface area contributed by atoms with Crippen molar-refractivity contribution in [3.63, 3.8) is 0 Å². The zero-order chi connectivity index (χ0) is 14.7. The highest BCUT2D eigenvalue weighted by Gasteiger charge is 2.18. The minimum absolute atomic E-state index is 0.323. The average Bonchev–Trinajstić information content (AvgIpc) is 2.86. The van der Waals surface area contributed by atoms with Gasteiger partial charge in [0.2, 0.25) is 0 Å². The predicted molar refractivity (Wildman–Crippen MR) is 74.4 cm³/mol. The van der Waals surface area contributed by atoms with E-state index >= 15 is 0 Å². The Balaban J connectivity index is 2.42. The molecule has 0 saturated carbocycles. The van der Waals surface area contributed by atoms with Crippen molar-refractivity contribution < 1.29 is 14.6 Å². The van der Waals surface area contributed by atoms with Gasteiger partial charge < -0.3 is 24.5 Å². The summed E-state index contributed by atoms with van der Waals surface area (Å²) >= 11 is 0. The third-order valence-electron chi connectivity index (χ3n) is 3.19. The number of hydrogen-bond donors (Lipinski definition) is 3. The van der Waals surface area contributed by atoms with Gasteiger partial charge in [-0.25, -0.2) is 4.79 Å². The monoisotopic (exact) mass is 278 g/mol. The summed E-state index contributed by atoms with van der Waals surface area (Å²) < 4.78 is 10.4. The van der Waals surface area contributed by atoms with Crippen LogP contribution in [0.4, 0.5) is 0 Å². The second-order valence-electron chi connectivity index (χ2n) is 4.34. The van der Waals surface area contributed by atoms with Crippen molar-refractivity contribution in [2.24, 2.45) is 0 Å². The molecule has 1 atom stereocenters. The lowest BCUT2D eigenvalue weighted by atomic mass is 10.0. The van der Waals surface area contributed by atoms with E-state index in [1.54, 1.807) is 25.3 Å². The third-order valence-corrected chi connectivity index (χ3v) is 3.19. The number of imidazole rings is 1. The van der Waals surface area contributed by atoms with Crippen LogP contribution in [0, 0.1) is 0 Å². The molecule has 0 radical (unpaired) electrons. The topological polar surface area (TPSA) is 87.3 Å². The average molecular weight is 278 g/mol. The van der Waals surface area contributed by atoms with Gasteiger partial charge >= 0.3 is 5.69 Å². The molecule has 0 aliphatic rings. The zero-order valence-corrected chi connectivity index (χ0v) is 11.7. The molecule has 0 fully saturated rings. The molecule has 6 nitrogen and oxygen atoms in total. The SMILES string of the molecule is CCc1[nH]c(=O)[nH]c1C(O)c1ccc(OC)c(OC)c1. The normalized spacial score (nSPS) is 12.2. The van der Waals surface area contributed by atoms with Crippen molar-refractivity contribution >= 4 is 0 Å². The molecule has 1 aromatic heterocycles. The molecule has 2 aromatic rings. The van der Waals surface area contributed by atoms with Crippen molar-refractivity contribution in [1.29, 1.82) is 0 Å². The summed E-state index contributed by atoms with van der Waals surface area (Å²) in [5.74, 6) is 1.11. The lowest BCUT2D eigenvalue weighted by Gasteiger charge is -2.14. The van der Waals surface area contributed by atoms with Crippen LogP contribution < -0.4 is 15.2 Å². The lowest BCUT2D eigenvalue weighted by Crippen LogP contribution is -2.06. The van der Waals surface area contributed by atoms with Crippen LogP contribution >= 0.6 is 0 Å². The van der Waals surface area contributed by atoms with Crippen LogP contribution in [0.2, 0.25) is 0 Å². The Bertz CT molecular complexity index is 645. The van der Waals surface area contributed by atoms with Gasteiger partial charge in [0, 0.05) is 5.69 Å². The van der Waals surface area contributed by atoms with E-state index in [0.29, 0.717) is 34.9 Å². The first-order valence-corrected chi connectivity index (χ1v) is 6.31. The molecule has 0 aliphatic heterocycles. The van der Waals surface area contributed by atoms with Crippen molar-refractivity contribution in [3.8, 4) is 11.5 Å². The van der Waals surface area contributed by atoms with Gasteiger partial charge in [-0.05, 0) is 24.1 Å². The first kappa shape index (κ1) is 14.2. The molecule has 0 bridgehead atoms. The summed E-state index contributed by atoms with van der Waals surface area (Å²) in [4.78, 5) is 16.7. The van der Waals surface area contributed by atoms with E-state index in [1.807, 2.05) is 6.92 Å². The van der Waals surface area contributed by atoms with Gasteiger partial charge in [0.25, 0.3) is 0 Å². The van der Waals surface area contributed by atoms with Crippen LogP contribution in [0.5, 0.6) is 11.5 Å². The summed E-state index contributed by atoms with van der Waals surface area (Å²) in [6, 6.07) is 5.14. The number of aromatic nitrogens is 2. The molecule has 1 heterocycles. The van der Waals surface area contributed by atoms with Crippen LogP contribution in [0.3, 0.4) is 0 Å². The summed E-state index contributed by atoms with van der Waals surface area (Å²) in [5.41, 5.74) is 1.46. The van der Waals surface area contributed by atoms with E-state index in [9.17, 15) is 9.90 Å². The maximum atomic E-state index is 11.4. The maximum Gasteiger partial charge on any atom is 0.323 e. The van der Waals surface area contributed by atoms with Crippen LogP contribution in [0.15, 0.2) is 23.0 Å². The Kier molecular flexibility index (Phi) is 4.14. The Morgan fingerprint density at radius 3 is 2.50 bits per heavy atom. The van der Waals surface area contributed by atoms with Crippen molar-refractivity contribution in [2.75, 3.05) is 14.2 Å². The van der Waals surface area contributed by atoms with E-state index in [2.05, 4.69) is 9.97 Å². The molecule has 1 unspecified atom stereocenters. The number of methoxy groups -OCH3 is 2. The second-order valence-corrected chi connectivity index (χ2v) is 4.34. The third kappa shape index (κ3) is 2.55. The lowest BCUT2D eigenvalue weighted by molar-refractivity contribution is 0.214. The highest BCUT2D eigenvalue weighted by Crippen LogP contribution is 2.32. The molecule has 1 aromatic carbocycles. The van der Waals surface area contributed by atoms with Gasteiger partial charge in [-0.3, -0.25) is 0 Å². The Hall–Kier alpha value is -2.21. The van der Waals surface area contributed by atoms with Gasteiger partial charge in [0.1, 0.15) is 6.10 Å². The molecule has 0 aliphatic carbocycles. The molecule has 0 spiro atoms. The number of aliphatic hydroxyl groups excluding tert-OH is 1. The van der Waals surface area contributed by atoms with Gasteiger partial charge in [0.15, 0.2) is 11.5 Å². The van der Waals surface area contributed by atoms with Gasteiger partial charge in [-0.2, -0.15) is 0 Å². The number of ether oxygens (including phenoxy) is 2. The number of aliphatic hydroxyl groups is 1. The number of nitrogens with one attached hydrogen (secondary N) is 2. The second kappa shape index (κ2) is 5.83. The summed E-state index contributed by atoms with van der Waals surface area (Å²) in [6.07, 6.45) is -0.304. The van der Waals surface area contributed by atoms with Crippen molar-refractivity contribution in [3.05, 3.63) is 45.6 Å². The highest BCUT2D eigenvalue weighted by molar-refractivity contribution is 5.45. The molecule has 3 N–H and O–H groups in total. The Morgan fingerprint density at radius 1 is 1.20 bits per heavy atom. The van der Waals surface area contributed by atoms with Crippen molar-refractivity contribution in [2.45, 2.75) is 19.4 Å². The van der Waals surface area contributed by atoms with E-state index in [-0.39, 0.29) is 5.69 Å². The maximum absolute atomic E-state index is 11.4. The number of rotatable bonds is 5.